The SMILES string of the molecule is CCCC1CCC(C(F)(F)Oc2ccc(-c3ccc(OC=C(F)F)c(F)c3)c(F)c2)CC1. The van der Waals surface area contributed by atoms with Gasteiger partial charge < -0.3 is 9.47 Å². The highest BCUT2D eigenvalue weighted by molar-refractivity contribution is 5.66. The van der Waals surface area contributed by atoms with Gasteiger partial charge in [-0.2, -0.15) is 17.6 Å². The Bertz CT molecular complexity index is 948. The topological polar surface area (TPSA) is 18.5 Å². The zero-order chi connectivity index (χ0) is 23.3. The summed E-state index contributed by atoms with van der Waals surface area (Å²) in [6.07, 6.45) is -1.25. The van der Waals surface area contributed by atoms with Crippen molar-refractivity contribution in [1.82, 2.24) is 0 Å². The molecule has 0 spiro atoms. The monoisotopic (exact) mass is 458 g/mol. The van der Waals surface area contributed by atoms with Gasteiger partial charge in [0.1, 0.15) is 11.6 Å². The Balaban J connectivity index is 1.70. The predicted octanol–water partition coefficient (Wildman–Crippen LogP) is 8.33. The molecule has 3 rings (SSSR count). The molecule has 0 aliphatic heterocycles. The highest BCUT2D eigenvalue weighted by Gasteiger charge is 2.43. The van der Waals surface area contributed by atoms with Gasteiger partial charge in [0.2, 0.25) is 0 Å². The molecule has 1 aliphatic carbocycles. The Hall–Kier alpha value is -2.64. The van der Waals surface area contributed by atoms with Gasteiger partial charge in [0.05, 0.1) is 5.92 Å². The van der Waals surface area contributed by atoms with E-state index >= 15 is 0 Å². The van der Waals surface area contributed by atoms with Gasteiger partial charge in [-0.05, 0) is 61.4 Å². The molecule has 0 aromatic heterocycles. The van der Waals surface area contributed by atoms with Crippen molar-refractivity contribution in [1.29, 1.82) is 0 Å². The maximum absolute atomic E-state index is 14.6. The van der Waals surface area contributed by atoms with Gasteiger partial charge in [-0.3, -0.25) is 0 Å². The second-order valence-electron chi connectivity index (χ2n) is 7.98. The third-order valence-corrected chi connectivity index (χ3v) is 5.73. The fourth-order valence-electron chi connectivity index (χ4n) is 4.10. The lowest BCUT2D eigenvalue weighted by atomic mass is 9.79. The summed E-state index contributed by atoms with van der Waals surface area (Å²) in [6.45, 7) is 2.07. The van der Waals surface area contributed by atoms with E-state index in [1.165, 1.54) is 18.2 Å². The molecule has 8 heteroatoms. The van der Waals surface area contributed by atoms with E-state index in [9.17, 15) is 26.3 Å². The van der Waals surface area contributed by atoms with Gasteiger partial charge in [0.25, 0.3) is 0 Å². The molecule has 1 fully saturated rings. The Morgan fingerprint density at radius 2 is 1.72 bits per heavy atom. The van der Waals surface area contributed by atoms with E-state index in [1.807, 2.05) is 0 Å². The number of ether oxygens (including phenoxy) is 2. The Kier molecular flexibility index (Phi) is 7.74. The molecule has 0 saturated heterocycles. The van der Waals surface area contributed by atoms with Gasteiger partial charge in [-0.1, -0.05) is 25.8 Å². The molecule has 1 aliphatic rings. The fourth-order valence-corrected chi connectivity index (χ4v) is 4.10. The summed E-state index contributed by atoms with van der Waals surface area (Å²) in [6, 6.07) is 6.46. The summed E-state index contributed by atoms with van der Waals surface area (Å²) >= 11 is 0. The molecule has 0 amide bonds. The molecule has 0 heterocycles. The van der Waals surface area contributed by atoms with Crippen molar-refractivity contribution in [2.24, 2.45) is 11.8 Å². The molecule has 2 nitrogen and oxygen atoms in total. The van der Waals surface area contributed by atoms with Crippen LogP contribution in [0.4, 0.5) is 26.3 Å². The lowest BCUT2D eigenvalue weighted by molar-refractivity contribution is -0.223. The van der Waals surface area contributed by atoms with Crippen LogP contribution in [0.5, 0.6) is 11.5 Å². The zero-order valence-corrected chi connectivity index (χ0v) is 17.5. The zero-order valence-electron chi connectivity index (χ0n) is 17.5. The number of rotatable bonds is 8. The summed E-state index contributed by atoms with van der Waals surface area (Å²) in [5.41, 5.74) is 0.0306. The molecule has 0 bridgehead atoms. The molecule has 0 unspecified atom stereocenters. The van der Waals surface area contributed by atoms with E-state index in [-0.39, 0.29) is 23.1 Å². The number of benzene rings is 2. The van der Waals surface area contributed by atoms with Crippen molar-refractivity contribution in [3.05, 3.63) is 60.4 Å². The normalized spacial score (nSPS) is 18.8. The van der Waals surface area contributed by atoms with Crippen molar-refractivity contribution < 1.29 is 35.8 Å². The lowest BCUT2D eigenvalue weighted by Crippen LogP contribution is -2.37. The Morgan fingerprint density at radius 1 is 1.00 bits per heavy atom. The van der Waals surface area contributed by atoms with Gasteiger partial charge >= 0.3 is 12.2 Å². The summed E-state index contributed by atoms with van der Waals surface area (Å²) in [5, 5.41) is 0. The average Bonchev–Trinajstić information content (AvgIpc) is 2.73. The highest BCUT2D eigenvalue weighted by Crippen LogP contribution is 2.41. The first-order chi connectivity index (χ1) is 15.2. The third-order valence-electron chi connectivity index (χ3n) is 5.73. The molecule has 0 radical (unpaired) electrons. The minimum Gasteiger partial charge on any atom is -0.456 e. The van der Waals surface area contributed by atoms with E-state index in [0.29, 0.717) is 18.8 Å². The van der Waals surface area contributed by atoms with Crippen LogP contribution < -0.4 is 9.47 Å². The minimum atomic E-state index is -3.42. The van der Waals surface area contributed by atoms with E-state index in [4.69, 9.17) is 4.74 Å². The second kappa shape index (κ2) is 10.3. The molecule has 0 atom stereocenters. The summed E-state index contributed by atoms with van der Waals surface area (Å²) in [4.78, 5) is 0. The van der Waals surface area contributed by atoms with E-state index in [0.717, 1.165) is 43.9 Å². The molecule has 2 aromatic carbocycles. The number of halogens is 6. The Labute approximate surface area is 182 Å². The summed E-state index contributed by atoms with van der Waals surface area (Å²) in [7, 11) is 0. The number of hydrogen-bond acceptors (Lipinski definition) is 2. The molecule has 2 aromatic rings. The van der Waals surface area contributed by atoms with Crippen LogP contribution >= 0.6 is 0 Å². The lowest BCUT2D eigenvalue weighted by Gasteiger charge is -2.33. The van der Waals surface area contributed by atoms with Crippen LogP contribution in [0.1, 0.15) is 45.4 Å². The van der Waals surface area contributed by atoms with Crippen LogP contribution in [0.25, 0.3) is 11.1 Å². The van der Waals surface area contributed by atoms with E-state index < -0.39 is 35.5 Å². The maximum Gasteiger partial charge on any atom is 0.400 e. The number of hydrogen-bond donors (Lipinski definition) is 0. The molecule has 0 N–H and O–H groups in total. The van der Waals surface area contributed by atoms with Gasteiger partial charge in [-0.25, -0.2) is 8.78 Å². The van der Waals surface area contributed by atoms with Crippen molar-refractivity contribution in [2.75, 3.05) is 0 Å². The van der Waals surface area contributed by atoms with E-state index in [2.05, 4.69) is 11.7 Å². The van der Waals surface area contributed by atoms with Crippen LogP contribution in [0, 0.1) is 23.5 Å². The quantitative estimate of drug-likeness (QED) is 0.292. The predicted molar refractivity (Wildman–Crippen MR) is 109 cm³/mol. The van der Waals surface area contributed by atoms with Gasteiger partial charge in [0.15, 0.2) is 17.8 Å². The first kappa shape index (κ1) is 24.0. The summed E-state index contributed by atoms with van der Waals surface area (Å²) < 4.78 is 91.4. The average molecular weight is 458 g/mol. The summed E-state index contributed by atoms with van der Waals surface area (Å²) in [5.74, 6) is -3.11. The first-order valence-corrected chi connectivity index (χ1v) is 10.5. The second-order valence-corrected chi connectivity index (χ2v) is 7.98. The molecule has 32 heavy (non-hydrogen) atoms. The van der Waals surface area contributed by atoms with Gasteiger partial charge in [-0.15, -0.1) is 0 Å². The van der Waals surface area contributed by atoms with Crippen LogP contribution in [0.2, 0.25) is 0 Å². The molecule has 174 valence electrons. The Morgan fingerprint density at radius 3 is 2.31 bits per heavy atom. The van der Waals surface area contributed by atoms with Crippen LogP contribution in [0.3, 0.4) is 0 Å². The molecule has 1 saturated carbocycles. The maximum atomic E-state index is 14.6. The van der Waals surface area contributed by atoms with Crippen molar-refractivity contribution in [3.8, 4) is 22.6 Å². The first-order valence-electron chi connectivity index (χ1n) is 10.5. The van der Waals surface area contributed by atoms with Crippen molar-refractivity contribution in [2.45, 2.75) is 51.6 Å². The highest BCUT2D eigenvalue weighted by atomic mass is 19.3. The van der Waals surface area contributed by atoms with Gasteiger partial charge in [0, 0.05) is 11.6 Å². The molecular formula is C24H24F6O2. The fraction of sp³-hybridized carbons (Fsp3) is 0.417. The van der Waals surface area contributed by atoms with Crippen LogP contribution in [-0.4, -0.2) is 6.11 Å². The smallest absolute Gasteiger partial charge is 0.400 e. The van der Waals surface area contributed by atoms with Crippen LogP contribution in [-0.2, 0) is 0 Å². The standard InChI is InChI=1S/C24H24F6O2/c1-2-3-15-4-7-17(8-5-15)24(29,30)32-18-9-10-19(20(25)13-18)16-6-11-22(21(26)12-16)31-14-23(27)28/h6,9-15,17H,2-5,7-8H2,1H3. The van der Waals surface area contributed by atoms with Crippen LogP contribution in [0.15, 0.2) is 48.7 Å². The third kappa shape index (κ3) is 5.99. The minimum absolute atomic E-state index is 0.0570. The van der Waals surface area contributed by atoms with Crippen molar-refractivity contribution >= 4 is 0 Å². The largest absolute Gasteiger partial charge is 0.456 e. The molecular weight excluding hydrogens is 434 g/mol. The number of alkyl halides is 2. The van der Waals surface area contributed by atoms with E-state index in [1.54, 1.807) is 0 Å². The van der Waals surface area contributed by atoms with Crippen molar-refractivity contribution in [3.63, 3.8) is 0 Å².